The molecule has 0 unspecified atom stereocenters. The third-order valence-corrected chi connectivity index (χ3v) is 4.29. The Morgan fingerprint density at radius 1 is 1.28 bits per heavy atom. The van der Waals surface area contributed by atoms with Crippen LogP contribution in [0.15, 0.2) is 24.3 Å². The summed E-state index contributed by atoms with van der Waals surface area (Å²) >= 11 is 0. The molecule has 0 amide bonds. The Balaban J connectivity index is 1.69. The minimum Gasteiger partial charge on any atom is -0.383 e. The summed E-state index contributed by atoms with van der Waals surface area (Å²) in [5.74, 6) is 0. The van der Waals surface area contributed by atoms with Crippen LogP contribution in [0.3, 0.4) is 0 Å². The predicted octanol–water partition coefficient (Wildman–Crippen LogP) is 2.15. The number of piperidine rings is 1. The molecule has 3 rings (SSSR count). The summed E-state index contributed by atoms with van der Waals surface area (Å²) < 4.78 is 11.3. The molecule has 0 radical (unpaired) electrons. The highest BCUT2D eigenvalue weighted by Crippen LogP contribution is 2.43. The lowest BCUT2D eigenvalue weighted by Gasteiger charge is -2.39. The molecule has 0 aliphatic carbocycles. The maximum atomic E-state index is 6.15. The zero-order chi connectivity index (χ0) is 12.4. The molecule has 2 heterocycles. The number of fused-ring (bicyclic) bond motifs is 2. The summed E-state index contributed by atoms with van der Waals surface area (Å²) in [5, 5.41) is 0. The third kappa shape index (κ3) is 2.07. The zero-order valence-electron chi connectivity index (χ0n) is 11.0. The van der Waals surface area contributed by atoms with Gasteiger partial charge in [0.25, 0.3) is 0 Å². The summed E-state index contributed by atoms with van der Waals surface area (Å²) in [5.41, 5.74) is 2.81. The van der Waals surface area contributed by atoms with Crippen molar-refractivity contribution in [2.24, 2.45) is 0 Å². The SMILES string of the molecule is COCCN1CCC2(CC1)OCc1ccccc12. The molecule has 1 saturated heterocycles. The van der Waals surface area contributed by atoms with Gasteiger partial charge in [-0.3, -0.25) is 0 Å². The lowest BCUT2D eigenvalue weighted by Crippen LogP contribution is -2.43. The van der Waals surface area contributed by atoms with E-state index in [9.17, 15) is 0 Å². The Kier molecular flexibility index (Phi) is 3.37. The Bertz CT molecular complexity index is 411. The summed E-state index contributed by atoms with van der Waals surface area (Å²) in [7, 11) is 1.77. The van der Waals surface area contributed by atoms with Gasteiger partial charge in [0.15, 0.2) is 0 Å². The summed E-state index contributed by atoms with van der Waals surface area (Å²) in [6, 6.07) is 8.68. The second kappa shape index (κ2) is 5.00. The maximum absolute atomic E-state index is 6.15. The van der Waals surface area contributed by atoms with Crippen molar-refractivity contribution in [2.45, 2.75) is 25.0 Å². The van der Waals surface area contributed by atoms with Crippen molar-refractivity contribution in [1.82, 2.24) is 4.90 Å². The van der Waals surface area contributed by atoms with Gasteiger partial charge in [-0.2, -0.15) is 0 Å². The van der Waals surface area contributed by atoms with E-state index in [1.54, 1.807) is 7.11 Å². The monoisotopic (exact) mass is 247 g/mol. The average molecular weight is 247 g/mol. The Hall–Kier alpha value is -0.900. The van der Waals surface area contributed by atoms with Crippen LogP contribution in [0.1, 0.15) is 24.0 Å². The summed E-state index contributed by atoms with van der Waals surface area (Å²) in [4.78, 5) is 2.47. The lowest BCUT2D eigenvalue weighted by molar-refractivity contribution is -0.0803. The molecule has 1 aromatic rings. The van der Waals surface area contributed by atoms with Crippen molar-refractivity contribution in [3.8, 4) is 0 Å². The fourth-order valence-corrected chi connectivity index (χ4v) is 3.16. The van der Waals surface area contributed by atoms with Gasteiger partial charge in [0.05, 0.1) is 18.8 Å². The van der Waals surface area contributed by atoms with Crippen LogP contribution in [-0.4, -0.2) is 38.3 Å². The lowest BCUT2D eigenvalue weighted by atomic mass is 9.84. The normalized spacial score (nSPS) is 22.3. The Labute approximate surface area is 109 Å². The van der Waals surface area contributed by atoms with Gasteiger partial charge in [0.1, 0.15) is 0 Å². The highest BCUT2D eigenvalue weighted by atomic mass is 16.5. The number of benzene rings is 1. The van der Waals surface area contributed by atoms with Crippen molar-refractivity contribution < 1.29 is 9.47 Å². The van der Waals surface area contributed by atoms with Gasteiger partial charge in [-0.05, 0) is 24.0 Å². The van der Waals surface area contributed by atoms with Crippen LogP contribution in [-0.2, 0) is 21.7 Å². The maximum Gasteiger partial charge on any atom is 0.0963 e. The second-order valence-corrected chi connectivity index (χ2v) is 5.27. The largest absolute Gasteiger partial charge is 0.383 e. The van der Waals surface area contributed by atoms with E-state index >= 15 is 0 Å². The molecule has 18 heavy (non-hydrogen) atoms. The molecule has 1 spiro atoms. The quantitative estimate of drug-likeness (QED) is 0.817. The molecular formula is C15H21NO2. The van der Waals surface area contributed by atoms with Crippen LogP contribution >= 0.6 is 0 Å². The number of likely N-dealkylation sites (tertiary alicyclic amines) is 1. The zero-order valence-corrected chi connectivity index (χ0v) is 11.0. The molecule has 2 aliphatic heterocycles. The number of rotatable bonds is 3. The van der Waals surface area contributed by atoms with Gasteiger partial charge in [-0.25, -0.2) is 0 Å². The molecule has 98 valence electrons. The first-order chi connectivity index (χ1) is 8.84. The van der Waals surface area contributed by atoms with Crippen LogP contribution < -0.4 is 0 Å². The number of methoxy groups -OCH3 is 1. The fraction of sp³-hybridized carbons (Fsp3) is 0.600. The molecule has 0 atom stereocenters. The van der Waals surface area contributed by atoms with E-state index in [4.69, 9.17) is 9.47 Å². The molecule has 0 aromatic heterocycles. The molecule has 0 bridgehead atoms. The second-order valence-electron chi connectivity index (χ2n) is 5.27. The highest BCUT2D eigenvalue weighted by Gasteiger charge is 2.42. The molecular weight excluding hydrogens is 226 g/mol. The first kappa shape index (κ1) is 12.2. The Morgan fingerprint density at radius 2 is 2.06 bits per heavy atom. The van der Waals surface area contributed by atoms with Crippen molar-refractivity contribution in [3.63, 3.8) is 0 Å². The van der Waals surface area contributed by atoms with Crippen molar-refractivity contribution >= 4 is 0 Å². The Morgan fingerprint density at radius 3 is 2.83 bits per heavy atom. The summed E-state index contributed by atoms with van der Waals surface area (Å²) in [6.07, 6.45) is 2.21. The van der Waals surface area contributed by atoms with E-state index in [0.29, 0.717) is 0 Å². The van der Waals surface area contributed by atoms with Gasteiger partial charge < -0.3 is 14.4 Å². The van der Waals surface area contributed by atoms with E-state index < -0.39 is 0 Å². The van der Waals surface area contributed by atoms with Crippen molar-refractivity contribution in [2.75, 3.05) is 33.4 Å². The van der Waals surface area contributed by atoms with E-state index in [-0.39, 0.29) is 5.60 Å². The molecule has 2 aliphatic rings. The van der Waals surface area contributed by atoms with Crippen LogP contribution in [0.25, 0.3) is 0 Å². The van der Waals surface area contributed by atoms with Gasteiger partial charge in [0.2, 0.25) is 0 Å². The fourth-order valence-electron chi connectivity index (χ4n) is 3.16. The number of nitrogens with zero attached hydrogens (tertiary/aromatic N) is 1. The molecule has 0 saturated carbocycles. The van der Waals surface area contributed by atoms with E-state index in [0.717, 1.165) is 45.7 Å². The smallest absolute Gasteiger partial charge is 0.0963 e. The molecule has 1 aromatic carbocycles. The van der Waals surface area contributed by atoms with Gasteiger partial charge in [-0.15, -0.1) is 0 Å². The standard InChI is InChI=1S/C15H21NO2/c1-17-11-10-16-8-6-15(7-9-16)14-5-3-2-4-13(14)12-18-15/h2-5H,6-12H2,1H3. The first-order valence-electron chi connectivity index (χ1n) is 6.78. The number of hydrogen-bond donors (Lipinski definition) is 0. The van der Waals surface area contributed by atoms with Crippen LogP contribution in [0, 0.1) is 0 Å². The highest BCUT2D eigenvalue weighted by molar-refractivity contribution is 5.35. The van der Waals surface area contributed by atoms with E-state index in [1.165, 1.54) is 11.1 Å². The third-order valence-electron chi connectivity index (χ3n) is 4.29. The minimum atomic E-state index is 0.000164. The molecule has 0 N–H and O–H groups in total. The van der Waals surface area contributed by atoms with E-state index in [1.807, 2.05) is 0 Å². The minimum absolute atomic E-state index is 0.000164. The average Bonchev–Trinajstić information content (AvgIpc) is 2.78. The topological polar surface area (TPSA) is 21.7 Å². The van der Waals surface area contributed by atoms with Gasteiger partial charge in [0, 0.05) is 26.7 Å². The number of hydrogen-bond acceptors (Lipinski definition) is 3. The van der Waals surface area contributed by atoms with E-state index in [2.05, 4.69) is 29.2 Å². The molecule has 1 fully saturated rings. The first-order valence-corrected chi connectivity index (χ1v) is 6.78. The number of ether oxygens (including phenoxy) is 2. The summed E-state index contributed by atoms with van der Waals surface area (Å²) in [6.45, 7) is 4.86. The van der Waals surface area contributed by atoms with Crippen LogP contribution in [0.4, 0.5) is 0 Å². The molecule has 3 heteroatoms. The predicted molar refractivity (Wildman–Crippen MR) is 70.5 cm³/mol. The van der Waals surface area contributed by atoms with Crippen LogP contribution in [0.5, 0.6) is 0 Å². The van der Waals surface area contributed by atoms with Gasteiger partial charge in [-0.1, -0.05) is 24.3 Å². The van der Waals surface area contributed by atoms with Crippen molar-refractivity contribution in [3.05, 3.63) is 35.4 Å². The molecule has 3 nitrogen and oxygen atoms in total. The van der Waals surface area contributed by atoms with Gasteiger partial charge >= 0.3 is 0 Å². The van der Waals surface area contributed by atoms with Crippen LogP contribution in [0.2, 0.25) is 0 Å². The van der Waals surface area contributed by atoms with Crippen molar-refractivity contribution in [1.29, 1.82) is 0 Å².